The van der Waals surface area contributed by atoms with Crippen LogP contribution in [0.1, 0.15) is 11.5 Å². The van der Waals surface area contributed by atoms with Gasteiger partial charge in [-0.1, -0.05) is 0 Å². The summed E-state index contributed by atoms with van der Waals surface area (Å²) in [6.07, 6.45) is 2.23. The molecule has 0 aliphatic rings. The number of halogens is 6. The molecule has 2 aromatic heterocycles. The zero-order valence-electron chi connectivity index (χ0n) is 13.3. The van der Waals surface area contributed by atoms with Crippen LogP contribution < -0.4 is 10.6 Å². The molecule has 2 heterocycles. The zero-order chi connectivity index (χ0) is 20.3. The van der Waals surface area contributed by atoms with Gasteiger partial charge < -0.3 is 19.5 Å². The van der Waals surface area contributed by atoms with E-state index in [-0.39, 0.29) is 11.5 Å². The van der Waals surface area contributed by atoms with Crippen molar-refractivity contribution in [3.63, 3.8) is 0 Å². The van der Waals surface area contributed by atoms with Crippen LogP contribution in [0.5, 0.6) is 0 Å². The van der Waals surface area contributed by atoms with Gasteiger partial charge >= 0.3 is 17.8 Å². The van der Waals surface area contributed by atoms with Gasteiger partial charge in [-0.3, -0.25) is 9.59 Å². The Morgan fingerprint density at radius 2 is 1.15 bits per heavy atom. The lowest BCUT2D eigenvalue weighted by Gasteiger charge is -2.30. The summed E-state index contributed by atoms with van der Waals surface area (Å²) in [6, 6.07) is 5.11. The molecular weight excluding hydrogens is 386 g/mol. The van der Waals surface area contributed by atoms with E-state index < -0.39 is 42.7 Å². The van der Waals surface area contributed by atoms with Crippen LogP contribution in [-0.2, 0) is 22.7 Å². The Morgan fingerprint density at radius 1 is 0.778 bits per heavy atom. The highest BCUT2D eigenvalue weighted by molar-refractivity contribution is 5.89. The van der Waals surface area contributed by atoms with Crippen molar-refractivity contribution in [3.05, 3.63) is 48.3 Å². The number of furan rings is 2. The first-order valence-corrected chi connectivity index (χ1v) is 7.25. The Morgan fingerprint density at radius 3 is 1.44 bits per heavy atom. The van der Waals surface area contributed by atoms with Crippen molar-refractivity contribution in [2.24, 2.45) is 0 Å². The molecule has 6 nitrogen and oxygen atoms in total. The normalized spacial score (nSPS) is 12.7. The van der Waals surface area contributed by atoms with Gasteiger partial charge in [-0.2, -0.15) is 26.3 Å². The molecule has 0 saturated carbocycles. The first-order valence-electron chi connectivity index (χ1n) is 7.25. The minimum absolute atomic E-state index is 0.0783. The van der Waals surface area contributed by atoms with E-state index in [1.807, 2.05) is 0 Å². The van der Waals surface area contributed by atoms with E-state index in [0.717, 1.165) is 12.5 Å². The minimum Gasteiger partial charge on any atom is -0.467 e. The van der Waals surface area contributed by atoms with Crippen molar-refractivity contribution in [1.29, 1.82) is 0 Å². The molecule has 0 radical (unpaired) electrons. The molecule has 2 aromatic rings. The van der Waals surface area contributed by atoms with Crippen molar-refractivity contribution in [2.45, 2.75) is 30.9 Å². The summed E-state index contributed by atoms with van der Waals surface area (Å²) in [5.74, 6) is -23.6. The lowest BCUT2D eigenvalue weighted by atomic mass is 10.0. The number of hydrogen-bond acceptors (Lipinski definition) is 4. The van der Waals surface area contributed by atoms with E-state index in [9.17, 15) is 35.9 Å². The first kappa shape index (κ1) is 20.4. The summed E-state index contributed by atoms with van der Waals surface area (Å²) in [5, 5.41) is 2.71. The zero-order valence-corrected chi connectivity index (χ0v) is 13.3. The summed E-state index contributed by atoms with van der Waals surface area (Å²) < 4.78 is 91.7. The van der Waals surface area contributed by atoms with E-state index in [4.69, 9.17) is 0 Å². The average molecular weight is 398 g/mol. The molecule has 0 saturated heterocycles. The van der Waals surface area contributed by atoms with E-state index in [0.29, 0.717) is 0 Å². The lowest BCUT2D eigenvalue weighted by Crippen LogP contribution is -2.65. The highest BCUT2D eigenvalue weighted by Gasteiger charge is 2.77. The van der Waals surface area contributed by atoms with Gasteiger partial charge in [0.05, 0.1) is 25.6 Å². The first-order chi connectivity index (χ1) is 12.5. The molecule has 148 valence electrons. The van der Waals surface area contributed by atoms with Crippen molar-refractivity contribution in [2.75, 3.05) is 0 Å². The largest absolute Gasteiger partial charge is 0.467 e. The quantitative estimate of drug-likeness (QED) is 0.670. The van der Waals surface area contributed by atoms with Crippen LogP contribution in [0.3, 0.4) is 0 Å². The topological polar surface area (TPSA) is 84.5 Å². The van der Waals surface area contributed by atoms with Crippen molar-refractivity contribution >= 4 is 11.8 Å². The van der Waals surface area contributed by atoms with Crippen LogP contribution in [-0.4, -0.2) is 29.6 Å². The van der Waals surface area contributed by atoms with Crippen molar-refractivity contribution in [1.82, 2.24) is 10.6 Å². The molecule has 0 spiro atoms. The molecule has 0 aliphatic heterocycles. The highest BCUT2D eigenvalue weighted by atomic mass is 19.3. The Bertz CT molecular complexity index is 710. The van der Waals surface area contributed by atoms with Gasteiger partial charge in [-0.15, -0.1) is 0 Å². The second-order valence-electron chi connectivity index (χ2n) is 5.25. The molecule has 2 rings (SSSR count). The Kier molecular flexibility index (Phi) is 5.56. The third-order valence-electron chi connectivity index (χ3n) is 3.37. The maximum absolute atomic E-state index is 13.7. The Labute approximate surface area is 147 Å². The number of carbonyl (C=O) groups is 2. The number of carbonyl (C=O) groups excluding carboxylic acids is 2. The summed E-state index contributed by atoms with van der Waals surface area (Å²) >= 11 is 0. The molecule has 0 bridgehead atoms. The fourth-order valence-electron chi connectivity index (χ4n) is 1.87. The smallest absolute Gasteiger partial charge is 0.393 e. The molecule has 2 amide bonds. The van der Waals surface area contributed by atoms with Crippen LogP contribution in [0, 0.1) is 0 Å². The van der Waals surface area contributed by atoms with Gasteiger partial charge in [0.15, 0.2) is 0 Å². The highest BCUT2D eigenvalue weighted by Crippen LogP contribution is 2.46. The van der Waals surface area contributed by atoms with Gasteiger partial charge in [0.25, 0.3) is 11.8 Å². The van der Waals surface area contributed by atoms with E-state index in [1.165, 1.54) is 34.9 Å². The van der Waals surface area contributed by atoms with E-state index >= 15 is 0 Å². The number of hydrogen-bond donors (Lipinski definition) is 2. The third kappa shape index (κ3) is 3.93. The van der Waals surface area contributed by atoms with Crippen molar-refractivity contribution in [3.8, 4) is 0 Å². The van der Waals surface area contributed by atoms with Crippen LogP contribution in [0.4, 0.5) is 26.3 Å². The fraction of sp³-hybridized carbons (Fsp3) is 0.333. The van der Waals surface area contributed by atoms with Gasteiger partial charge in [-0.25, -0.2) is 0 Å². The van der Waals surface area contributed by atoms with Gasteiger partial charge in [0, 0.05) is 0 Å². The van der Waals surface area contributed by atoms with Gasteiger partial charge in [0.1, 0.15) is 11.5 Å². The molecule has 12 heteroatoms. The molecular formula is C15H12F6N2O4. The molecule has 0 fully saturated rings. The third-order valence-corrected chi connectivity index (χ3v) is 3.37. The summed E-state index contributed by atoms with van der Waals surface area (Å²) in [7, 11) is 0. The summed E-state index contributed by atoms with van der Waals surface area (Å²) in [6.45, 7) is -1.48. The molecule has 2 N–H and O–H groups in total. The monoisotopic (exact) mass is 398 g/mol. The number of amides is 2. The number of nitrogens with one attached hydrogen (secondary N) is 2. The predicted molar refractivity (Wildman–Crippen MR) is 76.0 cm³/mol. The number of rotatable bonds is 8. The second kappa shape index (κ2) is 7.37. The van der Waals surface area contributed by atoms with Gasteiger partial charge in [-0.05, 0) is 24.3 Å². The molecule has 0 aromatic carbocycles. The predicted octanol–water partition coefficient (Wildman–Crippen LogP) is 2.71. The standard InChI is InChI=1S/C15H12F6N2O4/c16-13(17,11(24)22-7-9-3-1-5-26-9)15(20,21)14(18,19)12(25)23-8-10-4-2-6-27-10/h1-6H,7-8H2,(H,22,24)(H,23,25). The summed E-state index contributed by atoms with van der Waals surface area (Å²) in [4.78, 5) is 22.7. The second-order valence-corrected chi connectivity index (χ2v) is 5.25. The number of alkyl halides is 6. The minimum atomic E-state index is -6.31. The molecule has 0 unspecified atom stereocenters. The maximum atomic E-state index is 13.7. The van der Waals surface area contributed by atoms with Crippen LogP contribution >= 0.6 is 0 Å². The van der Waals surface area contributed by atoms with Gasteiger partial charge in [0.2, 0.25) is 0 Å². The molecule has 0 atom stereocenters. The van der Waals surface area contributed by atoms with Crippen LogP contribution in [0.2, 0.25) is 0 Å². The van der Waals surface area contributed by atoms with E-state index in [1.54, 1.807) is 0 Å². The molecule has 0 aliphatic carbocycles. The summed E-state index contributed by atoms with van der Waals surface area (Å²) in [5.41, 5.74) is 0. The Balaban J connectivity index is 2.08. The van der Waals surface area contributed by atoms with Crippen molar-refractivity contribution < 1.29 is 44.8 Å². The average Bonchev–Trinajstić information content (AvgIpc) is 3.30. The SMILES string of the molecule is O=C(NCc1ccco1)C(F)(F)C(F)(F)C(F)(F)C(=O)NCc1ccco1. The molecule has 27 heavy (non-hydrogen) atoms. The fourth-order valence-corrected chi connectivity index (χ4v) is 1.87. The Hall–Kier alpha value is -2.92. The maximum Gasteiger partial charge on any atom is 0.393 e. The van der Waals surface area contributed by atoms with Crippen LogP contribution in [0.25, 0.3) is 0 Å². The lowest BCUT2D eigenvalue weighted by molar-refractivity contribution is -0.287. The van der Waals surface area contributed by atoms with Crippen LogP contribution in [0.15, 0.2) is 45.6 Å². The van der Waals surface area contributed by atoms with E-state index in [2.05, 4.69) is 8.83 Å².